The molecule has 1 aromatic rings. The average molecular weight is 427 g/mol. The van der Waals surface area contributed by atoms with Crippen LogP contribution in [0.4, 0.5) is 4.79 Å². The van der Waals surface area contributed by atoms with Crippen molar-refractivity contribution >= 4 is 33.7 Å². The number of hydrogen-bond acceptors (Lipinski definition) is 8. The molecular formula is C16H17N3O9S. The Bertz CT molecular complexity index is 991. The molecule has 3 atom stereocenters. The molecule has 2 heterocycles. The molecule has 3 rings (SSSR count). The first-order chi connectivity index (χ1) is 13.5. The lowest BCUT2D eigenvalue weighted by molar-refractivity contribution is -0.158. The van der Waals surface area contributed by atoms with Crippen LogP contribution in [0.3, 0.4) is 0 Å². The van der Waals surface area contributed by atoms with Crippen LogP contribution in [0.15, 0.2) is 24.3 Å². The van der Waals surface area contributed by atoms with Crippen LogP contribution in [0.25, 0.3) is 0 Å². The highest BCUT2D eigenvalue weighted by Crippen LogP contribution is 2.46. The van der Waals surface area contributed by atoms with Gasteiger partial charge in [0, 0.05) is 5.56 Å². The first-order valence-electron chi connectivity index (χ1n) is 8.28. The number of carbonyl (C=O) groups excluding carboxylic acids is 3. The van der Waals surface area contributed by atoms with Crippen molar-refractivity contribution < 1.29 is 42.5 Å². The second kappa shape index (κ2) is 6.92. The van der Waals surface area contributed by atoms with E-state index in [9.17, 15) is 37.8 Å². The Morgan fingerprint density at radius 2 is 1.86 bits per heavy atom. The van der Waals surface area contributed by atoms with Crippen LogP contribution in [-0.4, -0.2) is 70.2 Å². The number of β-lactam (4-membered cyclic amide) rings is 1. The summed E-state index contributed by atoms with van der Waals surface area (Å²) in [6.45, 7) is 0.252. The lowest BCUT2D eigenvalue weighted by Crippen LogP contribution is -2.58. The number of nitrogens with zero attached hydrogens (tertiary/aromatic N) is 1. The number of aromatic hydroxyl groups is 1. The first kappa shape index (κ1) is 20.4. The number of nitrogens with one attached hydrogen (secondary N) is 2. The second-order valence-electron chi connectivity index (χ2n) is 6.76. The van der Waals surface area contributed by atoms with Gasteiger partial charge >= 0.3 is 12.1 Å². The van der Waals surface area contributed by atoms with Crippen LogP contribution in [0.2, 0.25) is 0 Å². The predicted octanol–water partition coefficient (Wildman–Crippen LogP) is -1.04. The van der Waals surface area contributed by atoms with Gasteiger partial charge in [-0.25, -0.2) is 23.4 Å². The Balaban J connectivity index is 1.64. The molecule has 0 unspecified atom stereocenters. The quantitative estimate of drug-likeness (QED) is 0.345. The van der Waals surface area contributed by atoms with Crippen LogP contribution >= 0.6 is 0 Å². The van der Waals surface area contributed by atoms with E-state index in [0.717, 1.165) is 11.8 Å². The van der Waals surface area contributed by atoms with Gasteiger partial charge in [0.05, 0.1) is 6.42 Å². The molecule has 2 saturated heterocycles. The van der Waals surface area contributed by atoms with Gasteiger partial charge < -0.3 is 19.8 Å². The van der Waals surface area contributed by atoms with Crippen molar-refractivity contribution in [3.05, 3.63) is 29.8 Å². The van der Waals surface area contributed by atoms with Gasteiger partial charge in [-0.1, -0.05) is 0 Å². The number of fused-ring (bicyclic) bond motifs is 1. The SMILES string of the molecule is C[C@]1(COC(=O)NNC(=O)c2ccc(O)cc2)[C@H](C(=O)O)N2C(=O)C[C@H]2S1(=O)=O. The normalized spacial score (nSPS) is 26.8. The fourth-order valence-electron chi connectivity index (χ4n) is 3.31. The highest BCUT2D eigenvalue weighted by Gasteiger charge is 2.70. The molecule has 0 aromatic heterocycles. The third kappa shape index (κ3) is 3.22. The van der Waals surface area contributed by atoms with Gasteiger partial charge in [0.15, 0.2) is 15.9 Å². The van der Waals surface area contributed by atoms with E-state index in [2.05, 4.69) is 0 Å². The summed E-state index contributed by atoms with van der Waals surface area (Å²) in [5, 5.41) is 17.3. The van der Waals surface area contributed by atoms with E-state index >= 15 is 0 Å². The number of ether oxygens (including phenoxy) is 1. The van der Waals surface area contributed by atoms with Crippen molar-refractivity contribution in [1.29, 1.82) is 0 Å². The molecule has 0 bridgehead atoms. The number of carboxylic acids is 1. The summed E-state index contributed by atoms with van der Waals surface area (Å²) in [5.41, 5.74) is 4.04. The minimum atomic E-state index is -4.12. The van der Waals surface area contributed by atoms with Crippen LogP contribution in [0, 0.1) is 0 Å². The molecule has 29 heavy (non-hydrogen) atoms. The third-order valence-electron chi connectivity index (χ3n) is 4.94. The first-order valence-corrected chi connectivity index (χ1v) is 9.83. The monoisotopic (exact) mass is 427 g/mol. The molecular weight excluding hydrogens is 410 g/mol. The number of sulfone groups is 1. The van der Waals surface area contributed by atoms with Crippen LogP contribution < -0.4 is 10.9 Å². The summed E-state index contributed by atoms with van der Waals surface area (Å²) in [6, 6.07) is 3.41. The molecule has 2 aliphatic rings. The second-order valence-corrected chi connectivity index (χ2v) is 9.33. The largest absolute Gasteiger partial charge is 0.508 e. The van der Waals surface area contributed by atoms with Gasteiger partial charge in [-0.3, -0.25) is 15.0 Å². The molecule has 4 N–H and O–H groups in total. The number of carboxylic acid groups (broad SMARTS) is 1. The zero-order valence-corrected chi connectivity index (χ0v) is 15.8. The van der Waals surface area contributed by atoms with Crippen molar-refractivity contribution in [3.63, 3.8) is 0 Å². The van der Waals surface area contributed by atoms with E-state index in [-0.39, 0.29) is 17.7 Å². The molecule has 0 aliphatic carbocycles. The number of benzene rings is 1. The summed E-state index contributed by atoms with van der Waals surface area (Å²) in [6.07, 6.45) is -1.55. The van der Waals surface area contributed by atoms with Crippen LogP contribution in [0.5, 0.6) is 5.75 Å². The predicted molar refractivity (Wildman–Crippen MR) is 94.1 cm³/mol. The van der Waals surface area contributed by atoms with Gasteiger partial charge in [-0.05, 0) is 31.2 Å². The fourth-order valence-corrected chi connectivity index (χ4v) is 5.58. The lowest BCUT2D eigenvalue weighted by atomic mass is 9.97. The standard InChI is InChI=1S/C16H17N3O9S/c1-16(12(14(23)24)19-10(21)6-11(19)29(16,26)27)7-28-15(25)18-17-13(22)8-2-4-9(20)5-3-8/h2-5,11-12,20H,6-7H2,1H3,(H,17,22)(H,18,25)(H,23,24)/t11-,12+,16+/m1/s1. The summed E-state index contributed by atoms with van der Waals surface area (Å²) in [7, 11) is -4.12. The van der Waals surface area contributed by atoms with Crippen LogP contribution in [0.1, 0.15) is 23.7 Å². The number of amides is 3. The maximum atomic E-state index is 12.7. The molecule has 1 aromatic carbocycles. The summed E-state index contributed by atoms with van der Waals surface area (Å²) >= 11 is 0. The molecule has 12 nitrogen and oxygen atoms in total. The molecule has 13 heteroatoms. The van der Waals surface area contributed by atoms with Gasteiger partial charge in [0.2, 0.25) is 5.91 Å². The van der Waals surface area contributed by atoms with Crippen molar-refractivity contribution in [2.24, 2.45) is 0 Å². The van der Waals surface area contributed by atoms with E-state index in [1.807, 2.05) is 10.9 Å². The smallest absolute Gasteiger partial charge is 0.426 e. The Labute approximate surface area is 164 Å². The maximum Gasteiger partial charge on any atom is 0.426 e. The van der Waals surface area contributed by atoms with E-state index in [1.54, 1.807) is 0 Å². The summed E-state index contributed by atoms with van der Waals surface area (Å²) in [5.74, 6) is -2.94. The maximum absolute atomic E-state index is 12.7. The minimum Gasteiger partial charge on any atom is -0.508 e. The average Bonchev–Trinajstić information content (AvgIpc) is 2.79. The highest BCUT2D eigenvalue weighted by molar-refractivity contribution is 7.94. The number of rotatable bonds is 4. The Hall–Kier alpha value is -3.35. The number of carbonyl (C=O) groups is 4. The Kier molecular flexibility index (Phi) is 4.86. The molecule has 156 valence electrons. The number of hydrazine groups is 1. The molecule has 2 aliphatic heterocycles. The summed E-state index contributed by atoms with van der Waals surface area (Å²) in [4.78, 5) is 47.8. The van der Waals surface area contributed by atoms with Gasteiger partial charge in [0.25, 0.3) is 5.91 Å². The van der Waals surface area contributed by atoms with Crippen molar-refractivity contribution in [2.75, 3.05) is 6.61 Å². The fraction of sp³-hybridized carbons (Fsp3) is 0.375. The summed E-state index contributed by atoms with van der Waals surface area (Å²) < 4.78 is 28.1. The Morgan fingerprint density at radius 1 is 1.24 bits per heavy atom. The third-order valence-corrected chi connectivity index (χ3v) is 7.69. The molecule has 0 spiro atoms. The number of aliphatic carboxylic acids is 1. The molecule has 3 amide bonds. The molecule has 0 radical (unpaired) electrons. The highest BCUT2D eigenvalue weighted by atomic mass is 32.2. The van der Waals surface area contributed by atoms with E-state index in [0.29, 0.717) is 0 Å². The van der Waals surface area contributed by atoms with Crippen LogP contribution in [-0.2, 0) is 24.2 Å². The topological polar surface area (TPSA) is 179 Å². The lowest BCUT2D eigenvalue weighted by Gasteiger charge is -2.35. The van der Waals surface area contributed by atoms with Gasteiger partial charge in [0.1, 0.15) is 22.5 Å². The number of hydrogen-bond donors (Lipinski definition) is 4. The zero-order chi connectivity index (χ0) is 21.6. The Morgan fingerprint density at radius 3 is 2.41 bits per heavy atom. The number of phenolic OH excluding ortho intramolecular Hbond substituents is 1. The number of phenols is 1. The molecule has 2 fully saturated rings. The van der Waals surface area contributed by atoms with Gasteiger partial charge in [-0.2, -0.15) is 0 Å². The van der Waals surface area contributed by atoms with Crippen molar-refractivity contribution in [1.82, 2.24) is 15.8 Å². The van der Waals surface area contributed by atoms with E-state index in [1.165, 1.54) is 24.3 Å². The van der Waals surface area contributed by atoms with E-state index < -0.39 is 56.5 Å². The minimum absolute atomic E-state index is 0.0592. The van der Waals surface area contributed by atoms with E-state index in [4.69, 9.17) is 4.74 Å². The van der Waals surface area contributed by atoms with Crippen molar-refractivity contribution in [2.45, 2.75) is 29.5 Å². The van der Waals surface area contributed by atoms with Crippen molar-refractivity contribution in [3.8, 4) is 5.75 Å². The van der Waals surface area contributed by atoms with Gasteiger partial charge in [-0.15, -0.1) is 0 Å². The molecule has 0 saturated carbocycles. The zero-order valence-electron chi connectivity index (χ0n) is 15.0.